The summed E-state index contributed by atoms with van der Waals surface area (Å²) in [5.41, 5.74) is 1.05. The Morgan fingerprint density at radius 3 is 2.58 bits per heavy atom. The number of carbonyl (C=O) groups is 2. The van der Waals surface area contributed by atoms with Crippen LogP contribution in [0.25, 0.3) is 0 Å². The molecule has 1 heterocycles. The molecule has 1 saturated heterocycles. The van der Waals surface area contributed by atoms with Crippen molar-refractivity contribution in [3.63, 3.8) is 0 Å². The Balaban J connectivity index is 1.71. The number of β-amino-alcohol motifs (C(OH)–C–C–N with tert-alkyl or cyclic N) is 1. The second-order valence-corrected chi connectivity index (χ2v) is 7.43. The zero-order valence-corrected chi connectivity index (χ0v) is 15.5. The van der Waals surface area contributed by atoms with E-state index in [0.29, 0.717) is 24.3 Å². The normalized spacial score (nSPS) is 21.3. The SMILES string of the molecule is CN(C(=O)c1ccccc1NC(=O)N1CCC[C@H](O)C1)C1CCCCC1. The van der Waals surface area contributed by atoms with Crippen molar-refractivity contribution in [2.24, 2.45) is 0 Å². The van der Waals surface area contributed by atoms with Crippen LogP contribution in [0.1, 0.15) is 55.3 Å². The van der Waals surface area contributed by atoms with Crippen molar-refractivity contribution < 1.29 is 14.7 Å². The average Bonchev–Trinajstić information content (AvgIpc) is 2.68. The molecule has 1 atom stereocenters. The molecule has 6 heteroatoms. The lowest BCUT2D eigenvalue weighted by Crippen LogP contribution is -2.44. The van der Waals surface area contributed by atoms with E-state index in [1.165, 1.54) is 6.42 Å². The number of hydrogen-bond acceptors (Lipinski definition) is 3. The molecule has 3 amide bonds. The summed E-state index contributed by atoms with van der Waals surface area (Å²) in [5.74, 6) is -0.0496. The summed E-state index contributed by atoms with van der Waals surface area (Å²) < 4.78 is 0. The lowest BCUT2D eigenvalue weighted by Gasteiger charge is -2.32. The van der Waals surface area contributed by atoms with E-state index in [1.807, 2.05) is 24.1 Å². The van der Waals surface area contributed by atoms with E-state index in [1.54, 1.807) is 17.0 Å². The average molecular weight is 359 g/mol. The van der Waals surface area contributed by atoms with Crippen molar-refractivity contribution in [3.8, 4) is 0 Å². The van der Waals surface area contributed by atoms with Gasteiger partial charge < -0.3 is 20.2 Å². The number of piperidine rings is 1. The van der Waals surface area contributed by atoms with Gasteiger partial charge in [0.2, 0.25) is 0 Å². The topological polar surface area (TPSA) is 72.9 Å². The highest BCUT2D eigenvalue weighted by atomic mass is 16.3. The molecule has 0 spiro atoms. The highest BCUT2D eigenvalue weighted by Crippen LogP contribution is 2.25. The van der Waals surface area contributed by atoms with Gasteiger partial charge in [-0.05, 0) is 37.8 Å². The van der Waals surface area contributed by atoms with Gasteiger partial charge in [-0.1, -0.05) is 31.4 Å². The quantitative estimate of drug-likeness (QED) is 0.871. The standard InChI is InChI=1S/C20H29N3O3/c1-22(15-8-3-2-4-9-15)19(25)17-11-5-6-12-18(17)21-20(26)23-13-7-10-16(24)14-23/h5-6,11-12,15-16,24H,2-4,7-10,13-14H2,1H3,(H,21,26)/t16-/m0/s1. The molecule has 2 fully saturated rings. The van der Waals surface area contributed by atoms with E-state index in [2.05, 4.69) is 5.32 Å². The second-order valence-electron chi connectivity index (χ2n) is 7.43. The van der Waals surface area contributed by atoms with Gasteiger partial charge in [0.1, 0.15) is 0 Å². The molecule has 142 valence electrons. The van der Waals surface area contributed by atoms with Gasteiger partial charge in [-0.3, -0.25) is 4.79 Å². The van der Waals surface area contributed by atoms with E-state index in [-0.39, 0.29) is 18.0 Å². The number of carbonyl (C=O) groups excluding carboxylic acids is 2. The fourth-order valence-corrected chi connectivity index (χ4v) is 3.94. The third kappa shape index (κ3) is 4.36. The molecule has 1 aromatic carbocycles. The molecule has 1 saturated carbocycles. The maximum atomic E-state index is 13.0. The monoisotopic (exact) mass is 359 g/mol. The predicted octanol–water partition coefficient (Wildman–Crippen LogP) is 3.08. The van der Waals surface area contributed by atoms with E-state index in [0.717, 1.165) is 38.5 Å². The molecular weight excluding hydrogens is 330 g/mol. The summed E-state index contributed by atoms with van der Waals surface area (Å²) in [4.78, 5) is 29.0. The minimum absolute atomic E-state index is 0.0496. The van der Waals surface area contributed by atoms with Crippen molar-refractivity contribution in [1.29, 1.82) is 0 Å². The van der Waals surface area contributed by atoms with E-state index >= 15 is 0 Å². The minimum atomic E-state index is -0.469. The zero-order valence-electron chi connectivity index (χ0n) is 15.5. The number of likely N-dealkylation sites (tertiary alicyclic amines) is 1. The van der Waals surface area contributed by atoms with Gasteiger partial charge >= 0.3 is 6.03 Å². The van der Waals surface area contributed by atoms with Gasteiger partial charge in [-0.25, -0.2) is 4.79 Å². The van der Waals surface area contributed by atoms with Crippen LogP contribution in [-0.4, -0.2) is 59.1 Å². The van der Waals surface area contributed by atoms with Crippen molar-refractivity contribution in [1.82, 2.24) is 9.80 Å². The summed E-state index contributed by atoms with van der Waals surface area (Å²) >= 11 is 0. The van der Waals surface area contributed by atoms with Crippen LogP contribution in [0, 0.1) is 0 Å². The number of aliphatic hydroxyl groups excluding tert-OH is 1. The molecule has 1 aliphatic heterocycles. The number of amides is 3. The Kier molecular flexibility index (Phi) is 6.14. The Labute approximate surface area is 155 Å². The van der Waals surface area contributed by atoms with Gasteiger partial charge in [-0.15, -0.1) is 0 Å². The Morgan fingerprint density at radius 1 is 1.12 bits per heavy atom. The molecule has 0 unspecified atom stereocenters. The van der Waals surface area contributed by atoms with E-state index in [4.69, 9.17) is 0 Å². The van der Waals surface area contributed by atoms with Crippen molar-refractivity contribution in [3.05, 3.63) is 29.8 Å². The van der Waals surface area contributed by atoms with Crippen LogP contribution in [0.2, 0.25) is 0 Å². The highest BCUT2D eigenvalue weighted by Gasteiger charge is 2.26. The van der Waals surface area contributed by atoms with Crippen LogP contribution >= 0.6 is 0 Å². The number of aliphatic hydroxyl groups is 1. The first-order valence-electron chi connectivity index (χ1n) is 9.66. The lowest BCUT2D eigenvalue weighted by molar-refractivity contribution is 0.0697. The van der Waals surface area contributed by atoms with Gasteiger partial charge in [0.05, 0.1) is 17.4 Å². The van der Waals surface area contributed by atoms with Crippen LogP contribution in [0.5, 0.6) is 0 Å². The molecule has 0 bridgehead atoms. The third-order valence-corrected chi connectivity index (χ3v) is 5.53. The largest absolute Gasteiger partial charge is 0.391 e. The Hall–Kier alpha value is -2.08. The summed E-state index contributed by atoms with van der Waals surface area (Å²) in [6, 6.07) is 7.18. The van der Waals surface area contributed by atoms with Gasteiger partial charge in [0, 0.05) is 26.2 Å². The molecule has 0 aromatic heterocycles. The first kappa shape index (κ1) is 18.7. The molecule has 6 nitrogen and oxygen atoms in total. The van der Waals surface area contributed by atoms with Gasteiger partial charge in [0.15, 0.2) is 0 Å². The Bertz CT molecular complexity index is 643. The molecule has 2 aliphatic rings. The third-order valence-electron chi connectivity index (χ3n) is 5.53. The second kappa shape index (κ2) is 8.54. The van der Waals surface area contributed by atoms with Crippen molar-refractivity contribution in [2.75, 3.05) is 25.5 Å². The van der Waals surface area contributed by atoms with Crippen LogP contribution in [0.15, 0.2) is 24.3 Å². The summed E-state index contributed by atoms with van der Waals surface area (Å²) in [5, 5.41) is 12.6. The fraction of sp³-hybridized carbons (Fsp3) is 0.600. The van der Waals surface area contributed by atoms with Gasteiger partial charge in [-0.2, -0.15) is 0 Å². The number of urea groups is 1. The number of rotatable bonds is 3. The number of hydrogen-bond donors (Lipinski definition) is 2. The number of anilines is 1. The number of para-hydroxylation sites is 1. The fourth-order valence-electron chi connectivity index (χ4n) is 3.94. The summed E-state index contributed by atoms with van der Waals surface area (Å²) in [7, 11) is 1.86. The van der Waals surface area contributed by atoms with Crippen molar-refractivity contribution in [2.45, 2.75) is 57.1 Å². The van der Waals surface area contributed by atoms with Crippen LogP contribution in [0.4, 0.5) is 10.5 Å². The molecule has 3 rings (SSSR count). The molecule has 0 radical (unpaired) electrons. The molecule has 1 aromatic rings. The first-order valence-corrected chi connectivity index (χ1v) is 9.66. The summed E-state index contributed by atoms with van der Waals surface area (Å²) in [6.07, 6.45) is 6.71. The van der Waals surface area contributed by atoms with Crippen LogP contribution < -0.4 is 5.32 Å². The van der Waals surface area contributed by atoms with Crippen molar-refractivity contribution >= 4 is 17.6 Å². The molecule has 2 N–H and O–H groups in total. The van der Waals surface area contributed by atoms with Gasteiger partial charge in [0.25, 0.3) is 5.91 Å². The highest BCUT2D eigenvalue weighted by molar-refractivity contribution is 6.03. The lowest BCUT2D eigenvalue weighted by atomic mass is 9.94. The summed E-state index contributed by atoms with van der Waals surface area (Å²) in [6.45, 7) is 0.963. The van der Waals surface area contributed by atoms with E-state index in [9.17, 15) is 14.7 Å². The Morgan fingerprint density at radius 2 is 1.85 bits per heavy atom. The predicted molar refractivity (Wildman–Crippen MR) is 101 cm³/mol. The van der Waals surface area contributed by atoms with Crippen LogP contribution in [-0.2, 0) is 0 Å². The minimum Gasteiger partial charge on any atom is -0.391 e. The molecular formula is C20H29N3O3. The molecule has 1 aliphatic carbocycles. The maximum absolute atomic E-state index is 13.0. The smallest absolute Gasteiger partial charge is 0.321 e. The number of nitrogens with one attached hydrogen (secondary N) is 1. The first-order chi connectivity index (χ1) is 12.6. The van der Waals surface area contributed by atoms with Crippen LogP contribution in [0.3, 0.4) is 0 Å². The number of benzene rings is 1. The maximum Gasteiger partial charge on any atom is 0.321 e. The van der Waals surface area contributed by atoms with E-state index < -0.39 is 6.10 Å². The zero-order chi connectivity index (χ0) is 18.5. The molecule has 26 heavy (non-hydrogen) atoms. The number of nitrogens with zero attached hydrogens (tertiary/aromatic N) is 2.